The van der Waals surface area contributed by atoms with E-state index in [1.807, 2.05) is 18.7 Å². The van der Waals surface area contributed by atoms with Gasteiger partial charge >= 0.3 is 0 Å². The van der Waals surface area contributed by atoms with E-state index in [1.165, 1.54) is 11.8 Å². The van der Waals surface area contributed by atoms with Gasteiger partial charge in [0.15, 0.2) is 15.0 Å². The first-order valence-corrected chi connectivity index (χ1v) is 9.38. The van der Waals surface area contributed by atoms with E-state index in [2.05, 4.69) is 11.6 Å². The van der Waals surface area contributed by atoms with Crippen molar-refractivity contribution in [3.8, 4) is 0 Å². The largest absolute Gasteiger partial charge is 0.342 e. The molecule has 0 unspecified atom stereocenters. The summed E-state index contributed by atoms with van der Waals surface area (Å²) in [6, 6.07) is -0.0754. The molecule has 0 N–H and O–H groups in total. The monoisotopic (exact) mass is 316 g/mol. The number of hydrogen-bond donors (Lipinski definition) is 0. The summed E-state index contributed by atoms with van der Waals surface area (Å²) in [5.41, 5.74) is 0. The fourth-order valence-electron chi connectivity index (χ4n) is 2.49. The number of sulfone groups is 1. The lowest BCUT2D eigenvalue weighted by atomic mass is 10.1. The van der Waals surface area contributed by atoms with Crippen LogP contribution in [-0.2, 0) is 14.6 Å². The van der Waals surface area contributed by atoms with Crippen LogP contribution in [0.4, 0.5) is 0 Å². The molecule has 2 atom stereocenters. The Morgan fingerprint density at radius 3 is 2.85 bits per heavy atom. The highest BCUT2D eigenvalue weighted by atomic mass is 32.2. The van der Waals surface area contributed by atoms with Gasteiger partial charge in [-0.25, -0.2) is 8.42 Å². The number of amidine groups is 1. The van der Waals surface area contributed by atoms with Gasteiger partial charge in [-0.15, -0.1) is 6.58 Å². The predicted molar refractivity (Wildman–Crippen MR) is 82.6 cm³/mol. The van der Waals surface area contributed by atoms with Gasteiger partial charge in [0.05, 0.1) is 17.5 Å². The van der Waals surface area contributed by atoms with Crippen LogP contribution in [0.2, 0.25) is 0 Å². The van der Waals surface area contributed by atoms with Crippen molar-refractivity contribution >= 4 is 32.7 Å². The summed E-state index contributed by atoms with van der Waals surface area (Å²) < 4.78 is 23.4. The minimum absolute atomic E-state index is 0.00875. The summed E-state index contributed by atoms with van der Waals surface area (Å²) in [4.78, 5) is 17.9. The van der Waals surface area contributed by atoms with Gasteiger partial charge in [0.25, 0.3) is 0 Å². The van der Waals surface area contributed by atoms with Gasteiger partial charge in [-0.05, 0) is 5.92 Å². The lowest BCUT2D eigenvalue weighted by Gasteiger charge is -2.22. The summed E-state index contributed by atoms with van der Waals surface area (Å²) in [5.74, 6) is 0.453. The highest BCUT2D eigenvalue weighted by Crippen LogP contribution is 2.38. The van der Waals surface area contributed by atoms with Crippen molar-refractivity contribution < 1.29 is 13.2 Å². The average molecular weight is 316 g/mol. The summed E-state index contributed by atoms with van der Waals surface area (Å²) in [6.45, 7) is 8.17. The van der Waals surface area contributed by atoms with Crippen molar-refractivity contribution in [2.75, 3.05) is 18.1 Å². The minimum atomic E-state index is -2.96. The third-order valence-corrected chi connectivity index (χ3v) is 6.55. The normalized spacial score (nSPS) is 29.9. The Bertz CT molecular complexity index is 540. The summed E-state index contributed by atoms with van der Waals surface area (Å²) in [6.07, 6.45) is 2.13. The molecule has 7 heteroatoms. The van der Waals surface area contributed by atoms with Gasteiger partial charge < -0.3 is 4.90 Å². The second-order valence-corrected chi connectivity index (χ2v) is 8.99. The van der Waals surface area contributed by atoms with Gasteiger partial charge in [-0.3, -0.25) is 4.79 Å². The highest BCUT2D eigenvalue weighted by molar-refractivity contribution is 8.15. The maximum absolute atomic E-state index is 11.8. The van der Waals surface area contributed by atoms with Crippen LogP contribution in [-0.4, -0.2) is 53.7 Å². The van der Waals surface area contributed by atoms with Crippen LogP contribution in [0.5, 0.6) is 0 Å². The Morgan fingerprint density at radius 1 is 1.55 bits per heavy atom. The predicted octanol–water partition coefficient (Wildman–Crippen LogP) is 1.32. The molecule has 20 heavy (non-hydrogen) atoms. The number of carbonyl (C=O) groups is 1. The number of amides is 1. The number of hydrogen-bond acceptors (Lipinski definition) is 4. The van der Waals surface area contributed by atoms with Crippen LogP contribution >= 0.6 is 11.8 Å². The molecule has 2 heterocycles. The number of nitrogens with zero attached hydrogens (tertiary/aromatic N) is 2. The molecule has 2 fully saturated rings. The van der Waals surface area contributed by atoms with Crippen molar-refractivity contribution in [3.05, 3.63) is 12.7 Å². The number of rotatable bonds is 4. The van der Waals surface area contributed by atoms with Crippen LogP contribution in [0.15, 0.2) is 17.6 Å². The van der Waals surface area contributed by atoms with E-state index in [0.717, 1.165) is 0 Å². The molecule has 2 saturated heterocycles. The fourth-order valence-corrected chi connectivity index (χ4v) is 6.47. The molecule has 0 spiro atoms. The van der Waals surface area contributed by atoms with Gasteiger partial charge in [-0.1, -0.05) is 31.7 Å². The molecule has 1 amide bonds. The Labute approximate surface area is 124 Å². The highest BCUT2D eigenvalue weighted by Gasteiger charge is 2.48. The van der Waals surface area contributed by atoms with Crippen molar-refractivity contribution in [1.29, 1.82) is 0 Å². The fraction of sp³-hybridized carbons (Fsp3) is 0.692. The zero-order valence-corrected chi connectivity index (χ0v) is 13.4. The average Bonchev–Trinajstić information content (AvgIpc) is 2.72. The molecule has 112 valence electrons. The maximum atomic E-state index is 11.8. The van der Waals surface area contributed by atoms with E-state index in [-0.39, 0.29) is 34.6 Å². The summed E-state index contributed by atoms with van der Waals surface area (Å²) >= 11 is 1.42. The second kappa shape index (κ2) is 5.89. The van der Waals surface area contributed by atoms with E-state index >= 15 is 0 Å². The topological polar surface area (TPSA) is 66.8 Å². The molecule has 0 radical (unpaired) electrons. The maximum Gasteiger partial charge on any atom is 0.248 e. The van der Waals surface area contributed by atoms with Gasteiger partial charge in [0.2, 0.25) is 5.91 Å². The van der Waals surface area contributed by atoms with Crippen LogP contribution in [0.25, 0.3) is 0 Å². The Morgan fingerprint density at radius 2 is 2.25 bits per heavy atom. The second-order valence-electron chi connectivity index (χ2n) is 5.63. The molecular weight excluding hydrogens is 296 g/mol. The third kappa shape index (κ3) is 3.44. The standard InChI is InChI=1S/C13H20N2O3S2/c1-4-5-15-10-7-20(17,18)8-11(10)19-13(15)14-12(16)6-9(2)3/h4,9-11H,1,5-8H2,2-3H3/t10-,11-/m1/s1. The van der Waals surface area contributed by atoms with Crippen molar-refractivity contribution in [2.24, 2.45) is 10.9 Å². The number of thioether (sulfide) groups is 1. The summed E-state index contributed by atoms with van der Waals surface area (Å²) in [7, 11) is -2.96. The zero-order chi connectivity index (χ0) is 14.9. The van der Waals surface area contributed by atoms with Crippen molar-refractivity contribution in [2.45, 2.75) is 31.6 Å². The number of fused-ring (bicyclic) bond motifs is 1. The lowest BCUT2D eigenvalue weighted by molar-refractivity contribution is -0.118. The Balaban J connectivity index is 2.17. The molecule has 0 aromatic rings. The molecule has 0 saturated carbocycles. The molecule has 0 aliphatic carbocycles. The van der Waals surface area contributed by atoms with E-state index < -0.39 is 9.84 Å². The first-order valence-electron chi connectivity index (χ1n) is 6.68. The van der Waals surface area contributed by atoms with Crippen LogP contribution in [0.1, 0.15) is 20.3 Å². The van der Waals surface area contributed by atoms with Gasteiger partial charge in [0, 0.05) is 18.2 Å². The van der Waals surface area contributed by atoms with E-state index in [0.29, 0.717) is 18.1 Å². The first-order chi connectivity index (χ1) is 9.32. The smallest absolute Gasteiger partial charge is 0.248 e. The number of aliphatic imine (C=N–C) groups is 1. The SMILES string of the molecule is C=CCN1C(=NC(=O)CC(C)C)S[C@@H]2CS(=O)(=O)C[C@H]21. The van der Waals surface area contributed by atoms with E-state index in [9.17, 15) is 13.2 Å². The molecule has 0 aromatic heterocycles. The van der Waals surface area contributed by atoms with Crippen molar-refractivity contribution in [3.63, 3.8) is 0 Å². The molecule has 0 bridgehead atoms. The van der Waals surface area contributed by atoms with Crippen LogP contribution < -0.4 is 0 Å². The summed E-state index contributed by atoms with van der Waals surface area (Å²) in [5, 5.41) is 0.644. The minimum Gasteiger partial charge on any atom is -0.342 e. The molecule has 2 aliphatic rings. The van der Waals surface area contributed by atoms with Gasteiger partial charge in [0.1, 0.15) is 0 Å². The van der Waals surface area contributed by atoms with Crippen LogP contribution in [0.3, 0.4) is 0 Å². The molecule has 5 nitrogen and oxygen atoms in total. The third-order valence-electron chi connectivity index (χ3n) is 3.30. The van der Waals surface area contributed by atoms with Crippen molar-refractivity contribution in [1.82, 2.24) is 4.90 Å². The first kappa shape index (κ1) is 15.6. The lowest BCUT2D eigenvalue weighted by Crippen LogP contribution is -2.37. The zero-order valence-electron chi connectivity index (χ0n) is 11.8. The van der Waals surface area contributed by atoms with Gasteiger partial charge in [-0.2, -0.15) is 4.99 Å². The van der Waals surface area contributed by atoms with Crippen LogP contribution in [0, 0.1) is 5.92 Å². The molecule has 2 rings (SSSR count). The Kier molecular flexibility index (Phi) is 4.59. The Hall–Kier alpha value is -0.820. The molecule has 2 aliphatic heterocycles. The number of carbonyl (C=O) groups excluding carboxylic acids is 1. The van der Waals surface area contributed by atoms with E-state index in [1.54, 1.807) is 6.08 Å². The van der Waals surface area contributed by atoms with E-state index in [4.69, 9.17) is 0 Å². The molecule has 0 aromatic carbocycles. The molecular formula is C13H20N2O3S2. The quantitative estimate of drug-likeness (QED) is 0.732.